The molecule has 1 fully saturated rings. The summed E-state index contributed by atoms with van der Waals surface area (Å²) in [6.45, 7) is 8.76. The highest BCUT2D eigenvalue weighted by molar-refractivity contribution is 7.14. The third kappa shape index (κ3) is 4.14. The van der Waals surface area contributed by atoms with Crippen LogP contribution in [0.4, 0.5) is 5.13 Å². The average molecular weight is 368 g/mol. The van der Waals surface area contributed by atoms with Gasteiger partial charge in [0.2, 0.25) is 5.91 Å². The number of hydrogen-bond acceptors (Lipinski definition) is 4. The molecule has 2 heterocycles. The van der Waals surface area contributed by atoms with Crippen LogP contribution in [0.25, 0.3) is 11.3 Å². The minimum atomic E-state index is 0.0414. The predicted molar refractivity (Wildman–Crippen MR) is 108 cm³/mol. The molecule has 1 aromatic heterocycles. The lowest BCUT2D eigenvalue weighted by molar-refractivity contribution is -0.121. The summed E-state index contributed by atoms with van der Waals surface area (Å²) in [4.78, 5) is 19.4. The van der Waals surface area contributed by atoms with E-state index < -0.39 is 0 Å². The molecule has 0 aliphatic carbocycles. The molecule has 1 aromatic carbocycles. The van der Waals surface area contributed by atoms with Gasteiger partial charge in [-0.15, -0.1) is 17.8 Å². The Hall–Kier alpha value is -2.16. The Morgan fingerprint density at radius 3 is 2.65 bits per heavy atom. The van der Waals surface area contributed by atoms with Gasteiger partial charge in [0.05, 0.1) is 12.2 Å². The van der Waals surface area contributed by atoms with Gasteiger partial charge in [-0.1, -0.05) is 12.0 Å². The summed E-state index contributed by atoms with van der Waals surface area (Å²) in [6, 6.07) is 4.36. The maximum absolute atomic E-state index is 12.5. The Kier molecular flexibility index (Phi) is 5.75. The van der Waals surface area contributed by atoms with E-state index in [1.165, 1.54) is 28.0 Å². The van der Waals surface area contributed by atoms with Crippen molar-refractivity contribution in [3.63, 3.8) is 0 Å². The molecule has 1 aliphatic heterocycles. The van der Waals surface area contributed by atoms with Crippen LogP contribution in [0.1, 0.15) is 29.5 Å². The third-order valence-corrected chi connectivity index (χ3v) is 5.88. The van der Waals surface area contributed by atoms with Crippen molar-refractivity contribution < 1.29 is 4.79 Å². The van der Waals surface area contributed by atoms with E-state index in [1.807, 2.05) is 5.38 Å². The molecule has 0 saturated carbocycles. The maximum atomic E-state index is 12.5. The number of nitrogens with one attached hydrogen (secondary N) is 1. The number of terminal acetylenes is 1. The van der Waals surface area contributed by atoms with E-state index in [-0.39, 0.29) is 11.8 Å². The van der Waals surface area contributed by atoms with Crippen LogP contribution in [0.2, 0.25) is 0 Å². The van der Waals surface area contributed by atoms with Crippen molar-refractivity contribution in [1.82, 2.24) is 9.88 Å². The quantitative estimate of drug-likeness (QED) is 0.830. The second kappa shape index (κ2) is 8.03. The first-order valence-electron chi connectivity index (χ1n) is 8.98. The summed E-state index contributed by atoms with van der Waals surface area (Å²) in [6.07, 6.45) is 7.05. The van der Waals surface area contributed by atoms with Crippen LogP contribution in [0.3, 0.4) is 0 Å². The van der Waals surface area contributed by atoms with Crippen LogP contribution in [-0.2, 0) is 4.79 Å². The normalized spacial score (nSPS) is 15.6. The summed E-state index contributed by atoms with van der Waals surface area (Å²) >= 11 is 1.48. The summed E-state index contributed by atoms with van der Waals surface area (Å²) in [5.41, 5.74) is 5.80. The molecule has 1 N–H and O–H groups in total. The monoisotopic (exact) mass is 367 g/mol. The molecular formula is C21H25N3OS. The van der Waals surface area contributed by atoms with Gasteiger partial charge in [0.25, 0.3) is 0 Å². The largest absolute Gasteiger partial charge is 0.302 e. The number of amides is 1. The van der Waals surface area contributed by atoms with Crippen molar-refractivity contribution in [2.75, 3.05) is 25.0 Å². The number of likely N-dealkylation sites (tertiary alicyclic amines) is 1. The number of thiazole rings is 1. The number of anilines is 1. The number of aryl methyl sites for hydroxylation is 3. The molecule has 0 bridgehead atoms. The summed E-state index contributed by atoms with van der Waals surface area (Å²) in [7, 11) is 0. The number of hydrogen-bond donors (Lipinski definition) is 1. The first kappa shape index (κ1) is 18.6. The zero-order valence-corrected chi connectivity index (χ0v) is 16.4. The van der Waals surface area contributed by atoms with Crippen LogP contribution >= 0.6 is 11.3 Å². The first-order chi connectivity index (χ1) is 12.5. The van der Waals surface area contributed by atoms with Crippen LogP contribution in [0, 0.1) is 39.0 Å². The van der Waals surface area contributed by atoms with Gasteiger partial charge in [-0.2, -0.15) is 0 Å². The van der Waals surface area contributed by atoms with Crippen molar-refractivity contribution in [3.05, 3.63) is 34.2 Å². The molecular weight excluding hydrogens is 342 g/mol. The Labute approximate surface area is 159 Å². The van der Waals surface area contributed by atoms with Crippen molar-refractivity contribution in [2.24, 2.45) is 5.92 Å². The van der Waals surface area contributed by atoms with E-state index in [0.717, 1.165) is 37.2 Å². The number of benzene rings is 1. The van der Waals surface area contributed by atoms with Gasteiger partial charge < -0.3 is 5.32 Å². The van der Waals surface area contributed by atoms with E-state index in [4.69, 9.17) is 6.42 Å². The van der Waals surface area contributed by atoms with Gasteiger partial charge in [0.1, 0.15) is 0 Å². The van der Waals surface area contributed by atoms with Crippen molar-refractivity contribution in [1.29, 1.82) is 0 Å². The van der Waals surface area contributed by atoms with Gasteiger partial charge >= 0.3 is 0 Å². The van der Waals surface area contributed by atoms with E-state index >= 15 is 0 Å². The topological polar surface area (TPSA) is 45.2 Å². The van der Waals surface area contributed by atoms with E-state index in [0.29, 0.717) is 11.7 Å². The van der Waals surface area contributed by atoms with Crippen LogP contribution < -0.4 is 5.32 Å². The van der Waals surface area contributed by atoms with E-state index in [2.05, 4.69) is 54.0 Å². The number of rotatable bonds is 4. The van der Waals surface area contributed by atoms with Crippen molar-refractivity contribution in [2.45, 2.75) is 33.6 Å². The molecule has 1 aliphatic rings. The van der Waals surface area contributed by atoms with Gasteiger partial charge in [0.15, 0.2) is 5.13 Å². The molecule has 0 radical (unpaired) electrons. The second-order valence-electron chi connectivity index (χ2n) is 7.03. The Morgan fingerprint density at radius 1 is 1.27 bits per heavy atom. The lowest BCUT2D eigenvalue weighted by Gasteiger charge is -2.29. The Balaban J connectivity index is 1.65. The number of piperidine rings is 1. The number of carbonyl (C=O) groups excluding carboxylic acids is 1. The fourth-order valence-corrected chi connectivity index (χ4v) is 4.09. The fraction of sp³-hybridized carbons (Fsp3) is 0.429. The SMILES string of the molecule is C#CCN1CCC(C(=O)Nc2nc(-c3cc(C)c(C)cc3C)cs2)CC1. The van der Waals surface area contributed by atoms with Gasteiger partial charge in [-0.3, -0.25) is 9.69 Å². The standard InChI is InChI=1S/C21H25N3OS/c1-5-8-24-9-6-17(7-10-24)20(25)23-21-22-19(13-26-21)18-12-15(3)14(2)11-16(18)4/h1,11-13,17H,6-10H2,2-4H3,(H,22,23,25). The fourth-order valence-electron chi connectivity index (χ4n) is 3.38. The third-order valence-electron chi connectivity index (χ3n) is 5.12. The van der Waals surface area contributed by atoms with Crippen LogP contribution in [0.5, 0.6) is 0 Å². The number of carbonyl (C=O) groups is 1. The highest BCUT2D eigenvalue weighted by Gasteiger charge is 2.25. The van der Waals surface area contributed by atoms with Gasteiger partial charge in [-0.05, 0) is 69.5 Å². The predicted octanol–water partition coefficient (Wildman–Crippen LogP) is 4.02. The number of aromatic nitrogens is 1. The molecule has 0 atom stereocenters. The molecule has 0 unspecified atom stereocenters. The van der Waals surface area contributed by atoms with Gasteiger partial charge in [0, 0.05) is 16.9 Å². The summed E-state index contributed by atoms with van der Waals surface area (Å²) in [5.74, 6) is 2.78. The van der Waals surface area contributed by atoms with Crippen LogP contribution in [-0.4, -0.2) is 35.4 Å². The zero-order valence-electron chi connectivity index (χ0n) is 15.6. The summed E-state index contributed by atoms with van der Waals surface area (Å²) < 4.78 is 0. The molecule has 0 spiro atoms. The molecule has 136 valence electrons. The Bertz CT molecular complexity index is 841. The Morgan fingerprint density at radius 2 is 1.96 bits per heavy atom. The molecule has 1 amide bonds. The maximum Gasteiger partial charge on any atom is 0.229 e. The minimum absolute atomic E-state index is 0.0414. The second-order valence-corrected chi connectivity index (χ2v) is 7.89. The van der Waals surface area contributed by atoms with Gasteiger partial charge in [-0.25, -0.2) is 4.98 Å². The van der Waals surface area contributed by atoms with Crippen LogP contribution in [0.15, 0.2) is 17.5 Å². The minimum Gasteiger partial charge on any atom is -0.302 e. The summed E-state index contributed by atoms with van der Waals surface area (Å²) in [5, 5.41) is 5.69. The first-order valence-corrected chi connectivity index (χ1v) is 9.86. The zero-order chi connectivity index (χ0) is 18.7. The van der Waals surface area contributed by atoms with Crippen molar-refractivity contribution in [3.8, 4) is 23.6 Å². The lowest BCUT2D eigenvalue weighted by atomic mass is 9.96. The number of nitrogens with zero attached hydrogens (tertiary/aromatic N) is 2. The molecule has 3 rings (SSSR count). The van der Waals surface area contributed by atoms with E-state index in [1.54, 1.807) is 0 Å². The highest BCUT2D eigenvalue weighted by Crippen LogP contribution is 2.30. The molecule has 2 aromatic rings. The van der Waals surface area contributed by atoms with E-state index in [9.17, 15) is 4.79 Å². The highest BCUT2D eigenvalue weighted by atomic mass is 32.1. The molecule has 4 nitrogen and oxygen atoms in total. The molecule has 1 saturated heterocycles. The smallest absolute Gasteiger partial charge is 0.229 e. The molecule has 5 heteroatoms. The molecule has 26 heavy (non-hydrogen) atoms. The lowest BCUT2D eigenvalue weighted by Crippen LogP contribution is -2.38. The van der Waals surface area contributed by atoms with Crippen molar-refractivity contribution >= 4 is 22.4 Å². The average Bonchev–Trinajstić information content (AvgIpc) is 3.07.